The Morgan fingerprint density at radius 1 is 1.50 bits per heavy atom. The molecule has 90 valence electrons. The largest absolute Gasteiger partial charge is 0.378 e. The molecule has 0 aromatic carbocycles. The zero-order valence-corrected chi connectivity index (χ0v) is 10.1. The predicted molar refractivity (Wildman–Crippen MR) is 61.2 cm³/mol. The van der Waals surface area contributed by atoms with Crippen LogP contribution in [0.5, 0.6) is 0 Å². The highest BCUT2D eigenvalue weighted by Crippen LogP contribution is 2.18. The van der Waals surface area contributed by atoms with Crippen molar-refractivity contribution >= 4 is 23.6 Å². The van der Waals surface area contributed by atoms with Gasteiger partial charge in [-0.2, -0.15) is 0 Å². The van der Waals surface area contributed by atoms with Crippen LogP contribution in [0.2, 0.25) is 0 Å². The number of nitrogens with zero attached hydrogens (tertiary/aromatic N) is 1. The summed E-state index contributed by atoms with van der Waals surface area (Å²) >= 11 is 1.54. The summed E-state index contributed by atoms with van der Waals surface area (Å²) in [5.41, 5.74) is 0. The predicted octanol–water partition coefficient (Wildman–Crippen LogP) is -0.535. The highest BCUT2D eigenvalue weighted by Gasteiger charge is 2.32. The maximum Gasteiger partial charge on any atom is 0.246 e. The lowest BCUT2D eigenvalue weighted by Crippen LogP contribution is -2.56. The van der Waals surface area contributed by atoms with Gasteiger partial charge >= 0.3 is 0 Å². The fourth-order valence-corrected chi connectivity index (χ4v) is 2.71. The van der Waals surface area contributed by atoms with Crippen molar-refractivity contribution in [1.29, 1.82) is 0 Å². The third kappa shape index (κ3) is 2.49. The maximum absolute atomic E-state index is 12.0. The Balaban J connectivity index is 1.91. The molecular weight excluding hydrogens is 228 g/mol. The number of carbonyl (C=O) groups excluding carboxylic acids is 2. The first-order chi connectivity index (χ1) is 7.68. The molecule has 0 radical (unpaired) electrons. The van der Waals surface area contributed by atoms with Gasteiger partial charge in [0.1, 0.15) is 6.04 Å². The van der Waals surface area contributed by atoms with Gasteiger partial charge in [-0.1, -0.05) is 0 Å². The molecule has 0 spiro atoms. The molecule has 2 aliphatic rings. The van der Waals surface area contributed by atoms with Crippen LogP contribution in [-0.2, 0) is 14.3 Å². The Labute approximate surface area is 98.9 Å². The second kappa shape index (κ2) is 5.05. The average molecular weight is 244 g/mol. The van der Waals surface area contributed by atoms with Crippen molar-refractivity contribution in [2.24, 2.45) is 0 Å². The summed E-state index contributed by atoms with van der Waals surface area (Å²) in [6.07, 6.45) is 0. The molecule has 2 aliphatic heterocycles. The van der Waals surface area contributed by atoms with Crippen LogP contribution in [0, 0.1) is 0 Å². The molecule has 2 rings (SSSR count). The molecule has 2 atom stereocenters. The summed E-state index contributed by atoms with van der Waals surface area (Å²) in [7, 11) is 0. The van der Waals surface area contributed by atoms with Crippen LogP contribution in [0.15, 0.2) is 0 Å². The minimum atomic E-state index is -0.355. The van der Waals surface area contributed by atoms with Gasteiger partial charge in [0.25, 0.3) is 0 Å². The number of carbonyl (C=O) groups is 2. The summed E-state index contributed by atoms with van der Waals surface area (Å²) in [6.45, 7) is 4.30. The minimum absolute atomic E-state index is 0.0241. The first-order valence-corrected chi connectivity index (χ1v) is 6.52. The Morgan fingerprint density at radius 3 is 2.81 bits per heavy atom. The first kappa shape index (κ1) is 11.7. The van der Waals surface area contributed by atoms with Gasteiger partial charge in [0, 0.05) is 18.8 Å². The van der Waals surface area contributed by atoms with E-state index in [9.17, 15) is 9.59 Å². The van der Waals surface area contributed by atoms with Crippen molar-refractivity contribution in [3.8, 4) is 0 Å². The van der Waals surface area contributed by atoms with Gasteiger partial charge in [0.05, 0.1) is 18.5 Å². The van der Waals surface area contributed by atoms with Gasteiger partial charge in [0.2, 0.25) is 11.8 Å². The second-order valence-electron chi connectivity index (χ2n) is 3.97. The molecule has 2 saturated heterocycles. The fraction of sp³-hybridized carbons (Fsp3) is 0.800. The first-order valence-electron chi connectivity index (χ1n) is 5.47. The topological polar surface area (TPSA) is 58.6 Å². The number of amides is 2. The van der Waals surface area contributed by atoms with Crippen LogP contribution in [0.3, 0.4) is 0 Å². The lowest BCUT2D eigenvalue weighted by molar-refractivity contribution is -0.139. The van der Waals surface area contributed by atoms with Gasteiger partial charge in [0.15, 0.2) is 0 Å². The van der Waals surface area contributed by atoms with Crippen molar-refractivity contribution < 1.29 is 14.3 Å². The van der Waals surface area contributed by atoms with Crippen molar-refractivity contribution in [2.45, 2.75) is 18.2 Å². The van der Waals surface area contributed by atoms with E-state index in [0.717, 1.165) is 0 Å². The molecular formula is C10H16N2O3S. The Bertz CT molecular complexity index is 292. The lowest BCUT2D eigenvalue weighted by Gasteiger charge is -2.33. The molecule has 2 heterocycles. The molecule has 0 aliphatic carbocycles. The van der Waals surface area contributed by atoms with E-state index in [1.165, 1.54) is 11.8 Å². The van der Waals surface area contributed by atoms with Crippen molar-refractivity contribution in [1.82, 2.24) is 10.2 Å². The second-order valence-corrected chi connectivity index (χ2v) is 5.35. The number of morpholine rings is 1. The normalized spacial score (nSPS) is 31.1. The summed E-state index contributed by atoms with van der Waals surface area (Å²) < 4.78 is 5.19. The molecule has 6 heteroatoms. The van der Waals surface area contributed by atoms with E-state index in [0.29, 0.717) is 32.1 Å². The third-order valence-electron chi connectivity index (χ3n) is 2.82. The Morgan fingerprint density at radius 2 is 2.19 bits per heavy atom. The van der Waals surface area contributed by atoms with Gasteiger partial charge in [-0.3, -0.25) is 9.59 Å². The fourth-order valence-electron chi connectivity index (χ4n) is 1.78. The van der Waals surface area contributed by atoms with Crippen molar-refractivity contribution in [3.63, 3.8) is 0 Å². The van der Waals surface area contributed by atoms with E-state index in [2.05, 4.69) is 5.32 Å². The molecule has 1 N–H and O–H groups in total. The third-order valence-corrected chi connectivity index (χ3v) is 4.06. The van der Waals surface area contributed by atoms with E-state index in [1.54, 1.807) is 4.90 Å². The average Bonchev–Trinajstić information content (AvgIpc) is 2.33. The van der Waals surface area contributed by atoms with Crippen LogP contribution < -0.4 is 5.32 Å². The molecule has 0 unspecified atom stereocenters. The van der Waals surface area contributed by atoms with E-state index >= 15 is 0 Å². The van der Waals surface area contributed by atoms with Crippen LogP contribution >= 0.6 is 11.8 Å². The highest BCUT2D eigenvalue weighted by molar-refractivity contribution is 8.00. The Kier molecular flexibility index (Phi) is 3.70. The van der Waals surface area contributed by atoms with Gasteiger partial charge < -0.3 is 15.0 Å². The van der Waals surface area contributed by atoms with Crippen LogP contribution in [0.25, 0.3) is 0 Å². The lowest BCUT2D eigenvalue weighted by atomic mass is 10.2. The highest BCUT2D eigenvalue weighted by atomic mass is 32.2. The smallest absolute Gasteiger partial charge is 0.246 e. The molecule has 0 aromatic heterocycles. The van der Waals surface area contributed by atoms with Gasteiger partial charge in [-0.25, -0.2) is 0 Å². The van der Waals surface area contributed by atoms with E-state index in [-0.39, 0.29) is 23.1 Å². The molecule has 0 bridgehead atoms. The SMILES string of the molecule is C[C@@H]1SC[C@@H](C(=O)N2CCOCC2)NC1=O. The summed E-state index contributed by atoms with van der Waals surface area (Å²) in [6, 6.07) is -0.355. The number of thioether (sulfide) groups is 1. The number of hydrogen-bond acceptors (Lipinski definition) is 4. The summed E-state index contributed by atoms with van der Waals surface area (Å²) in [5, 5.41) is 2.72. The number of hydrogen-bond donors (Lipinski definition) is 1. The summed E-state index contributed by atoms with van der Waals surface area (Å²) in [5.74, 6) is 0.655. The Hall–Kier alpha value is -0.750. The molecule has 2 amide bonds. The standard InChI is InChI=1S/C10H16N2O3S/c1-7-9(13)11-8(6-16-7)10(14)12-2-4-15-5-3-12/h7-8H,2-6H2,1H3,(H,11,13)/t7-,8-/m0/s1. The quantitative estimate of drug-likeness (QED) is 0.673. The minimum Gasteiger partial charge on any atom is -0.378 e. The van der Waals surface area contributed by atoms with Crippen LogP contribution in [0.4, 0.5) is 0 Å². The molecule has 16 heavy (non-hydrogen) atoms. The van der Waals surface area contributed by atoms with Crippen LogP contribution in [-0.4, -0.2) is 60.1 Å². The molecule has 2 fully saturated rings. The van der Waals surface area contributed by atoms with E-state index in [1.807, 2.05) is 6.92 Å². The van der Waals surface area contributed by atoms with Crippen molar-refractivity contribution in [3.05, 3.63) is 0 Å². The number of nitrogens with one attached hydrogen (secondary N) is 1. The van der Waals surface area contributed by atoms with Gasteiger partial charge in [-0.05, 0) is 6.92 Å². The summed E-state index contributed by atoms with van der Waals surface area (Å²) in [4.78, 5) is 25.3. The monoisotopic (exact) mass is 244 g/mol. The van der Waals surface area contributed by atoms with Gasteiger partial charge in [-0.15, -0.1) is 11.8 Å². The number of rotatable bonds is 1. The zero-order valence-electron chi connectivity index (χ0n) is 9.27. The molecule has 0 aromatic rings. The zero-order chi connectivity index (χ0) is 11.5. The molecule has 5 nitrogen and oxygen atoms in total. The maximum atomic E-state index is 12.0. The molecule has 0 saturated carbocycles. The number of ether oxygens (including phenoxy) is 1. The van der Waals surface area contributed by atoms with E-state index in [4.69, 9.17) is 4.74 Å². The van der Waals surface area contributed by atoms with E-state index < -0.39 is 0 Å². The van der Waals surface area contributed by atoms with Crippen LogP contribution in [0.1, 0.15) is 6.92 Å². The van der Waals surface area contributed by atoms with Crippen molar-refractivity contribution in [2.75, 3.05) is 32.1 Å².